The normalized spacial score (nSPS) is 15.9. The summed E-state index contributed by atoms with van der Waals surface area (Å²) in [5.74, 6) is 0.0486. The number of aromatic amines is 1. The van der Waals surface area contributed by atoms with Crippen LogP contribution >= 0.6 is 0 Å². The summed E-state index contributed by atoms with van der Waals surface area (Å²) in [6, 6.07) is 11.6. The summed E-state index contributed by atoms with van der Waals surface area (Å²) in [6.45, 7) is 5.56. The largest absolute Gasteiger partial charge is 0.496 e. The van der Waals surface area contributed by atoms with Crippen LogP contribution in [0.15, 0.2) is 54.9 Å². The molecule has 6 rings (SSSR count). The number of likely N-dealkylation sites (tertiary alicyclic amines) is 1. The summed E-state index contributed by atoms with van der Waals surface area (Å²) in [7, 11) is 1.61. The van der Waals surface area contributed by atoms with Crippen LogP contribution in [0.2, 0.25) is 0 Å². The third-order valence-corrected chi connectivity index (χ3v) is 8.63. The Labute approximate surface area is 255 Å². The molecule has 0 spiro atoms. The van der Waals surface area contributed by atoms with Gasteiger partial charge in [-0.3, -0.25) is 14.3 Å². The van der Waals surface area contributed by atoms with Gasteiger partial charge in [0.1, 0.15) is 11.4 Å². The Morgan fingerprint density at radius 1 is 1.09 bits per heavy atom. The first-order valence-electron chi connectivity index (χ1n) is 15.3. The third kappa shape index (κ3) is 5.96. The second kappa shape index (κ2) is 13.0. The molecule has 4 heterocycles. The summed E-state index contributed by atoms with van der Waals surface area (Å²) >= 11 is 0. The highest BCUT2D eigenvalue weighted by Gasteiger charge is 2.28. The number of fused-ring (bicyclic) bond motifs is 1. The van der Waals surface area contributed by atoms with Crippen LogP contribution in [0.5, 0.6) is 5.75 Å². The summed E-state index contributed by atoms with van der Waals surface area (Å²) in [5, 5.41) is 11.8. The SMILES string of the molecule is CCNC1CCN(C(=O)c2cc3c(-c4ccccc4OC)cc(C4=CCCN(C(=O)CCn5ccnn5)C4)c(F)c3[nH]2)CC1. The van der Waals surface area contributed by atoms with Crippen LogP contribution in [-0.2, 0) is 11.3 Å². The number of hydrogen-bond donors (Lipinski definition) is 2. The number of nitrogens with zero attached hydrogens (tertiary/aromatic N) is 5. The smallest absolute Gasteiger partial charge is 0.270 e. The summed E-state index contributed by atoms with van der Waals surface area (Å²) in [6.07, 6.45) is 7.96. The van der Waals surface area contributed by atoms with Crippen molar-refractivity contribution in [3.05, 3.63) is 71.9 Å². The number of benzene rings is 2. The van der Waals surface area contributed by atoms with Gasteiger partial charge >= 0.3 is 0 Å². The van der Waals surface area contributed by atoms with Crippen molar-refractivity contribution in [1.29, 1.82) is 0 Å². The molecule has 0 saturated carbocycles. The molecule has 2 aliphatic rings. The molecule has 4 aromatic rings. The van der Waals surface area contributed by atoms with Gasteiger partial charge in [-0.1, -0.05) is 36.4 Å². The fraction of sp³-hybridized carbons (Fsp3) is 0.394. The molecule has 11 heteroatoms. The Balaban J connectivity index is 1.34. The van der Waals surface area contributed by atoms with E-state index in [1.54, 1.807) is 35.2 Å². The maximum absolute atomic E-state index is 16.5. The van der Waals surface area contributed by atoms with Crippen LogP contribution in [-0.4, -0.2) is 87.5 Å². The number of rotatable bonds is 9. The van der Waals surface area contributed by atoms with Gasteiger partial charge < -0.3 is 24.8 Å². The van der Waals surface area contributed by atoms with E-state index in [4.69, 9.17) is 4.74 Å². The quantitative estimate of drug-likeness (QED) is 0.294. The van der Waals surface area contributed by atoms with Crippen molar-refractivity contribution in [3.63, 3.8) is 0 Å². The number of H-pyrrole nitrogens is 1. The first kappa shape index (κ1) is 29.6. The molecule has 2 N–H and O–H groups in total. The topological polar surface area (TPSA) is 108 Å². The Morgan fingerprint density at radius 2 is 1.91 bits per heavy atom. The molecule has 2 amide bonds. The number of hydrogen-bond acceptors (Lipinski definition) is 6. The minimum absolute atomic E-state index is 0.0248. The number of amides is 2. The number of nitrogens with one attached hydrogen (secondary N) is 2. The van der Waals surface area contributed by atoms with Crippen LogP contribution in [0, 0.1) is 5.82 Å². The second-order valence-corrected chi connectivity index (χ2v) is 11.3. The van der Waals surface area contributed by atoms with E-state index in [-0.39, 0.29) is 30.3 Å². The maximum Gasteiger partial charge on any atom is 0.270 e. The van der Waals surface area contributed by atoms with Crippen LogP contribution in [0.4, 0.5) is 4.39 Å². The third-order valence-electron chi connectivity index (χ3n) is 8.63. The number of ether oxygens (including phenoxy) is 1. The Hall–Kier alpha value is -4.51. The number of methoxy groups -OCH3 is 1. The van der Waals surface area contributed by atoms with Crippen molar-refractivity contribution in [3.8, 4) is 16.9 Å². The Bertz CT molecular complexity index is 1670. The number of aromatic nitrogens is 4. The number of carbonyl (C=O) groups is 2. The molecule has 2 aliphatic heterocycles. The molecular formula is C33H38FN7O3. The maximum atomic E-state index is 16.5. The van der Waals surface area contributed by atoms with Crippen molar-refractivity contribution in [2.75, 3.05) is 39.8 Å². The van der Waals surface area contributed by atoms with E-state index in [1.807, 2.05) is 41.3 Å². The van der Waals surface area contributed by atoms with Gasteiger partial charge in [0.2, 0.25) is 5.91 Å². The van der Waals surface area contributed by atoms with E-state index in [0.717, 1.165) is 36.1 Å². The lowest BCUT2D eigenvalue weighted by atomic mass is 9.93. The molecule has 1 saturated heterocycles. The fourth-order valence-corrected chi connectivity index (χ4v) is 6.32. The van der Waals surface area contributed by atoms with E-state index < -0.39 is 5.82 Å². The van der Waals surface area contributed by atoms with Gasteiger partial charge in [-0.15, -0.1) is 5.10 Å². The highest BCUT2D eigenvalue weighted by Crippen LogP contribution is 2.40. The van der Waals surface area contributed by atoms with E-state index in [9.17, 15) is 9.59 Å². The zero-order chi connectivity index (χ0) is 30.6. The average Bonchev–Trinajstić information content (AvgIpc) is 3.75. The lowest BCUT2D eigenvalue weighted by molar-refractivity contribution is -0.131. The molecule has 0 atom stereocenters. The van der Waals surface area contributed by atoms with Crippen molar-refractivity contribution in [2.24, 2.45) is 0 Å². The zero-order valence-corrected chi connectivity index (χ0v) is 25.2. The molecule has 2 aromatic carbocycles. The summed E-state index contributed by atoms with van der Waals surface area (Å²) < 4.78 is 23.8. The highest BCUT2D eigenvalue weighted by atomic mass is 19.1. The number of aryl methyl sites for hydroxylation is 1. The molecule has 10 nitrogen and oxygen atoms in total. The van der Waals surface area contributed by atoms with Crippen LogP contribution in [0.25, 0.3) is 27.6 Å². The molecule has 0 bridgehead atoms. The van der Waals surface area contributed by atoms with Crippen molar-refractivity contribution >= 4 is 28.3 Å². The summed E-state index contributed by atoms with van der Waals surface area (Å²) in [5.41, 5.74) is 3.31. The van der Waals surface area contributed by atoms with E-state index >= 15 is 4.39 Å². The Morgan fingerprint density at radius 3 is 2.66 bits per heavy atom. The summed E-state index contributed by atoms with van der Waals surface area (Å²) in [4.78, 5) is 33.5. The van der Waals surface area contributed by atoms with E-state index in [1.165, 1.54) is 0 Å². The van der Waals surface area contributed by atoms with Crippen LogP contribution in [0.3, 0.4) is 0 Å². The molecule has 0 unspecified atom stereocenters. The molecule has 0 radical (unpaired) electrons. The number of carbonyl (C=O) groups excluding carboxylic acids is 2. The minimum atomic E-state index is -0.438. The predicted molar refractivity (Wildman–Crippen MR) is 167 cm³/mol. The monoisotopic (exact) mass is 599 g/mol. The molecule has 1 fully saturated rings. The van der Waals surface area contributed by atoms with Gasteiger partial charge in [0, 0.05) is 61.4 Å². The molecule has 0 aliphatic carbocycles. The van der Waals surface area contributed by atoms with Gasteiger partial charge in [-0.25, -0.2) is 4.39 Å². The molecule has 44 heavy (non-hydrogen) atoms. The lowest BCUT2D eigenvalue weighted by Crippen LogP contribution is -2.44. The molecular weight excluding hydrogens is 561 g/mol. The van der Waals surface area contributed by atoms with Crippen molar-refractivity contribution in [2.45, 2.75) is 45.2 Å². The van der Waals surface area contributed by atoms with E-state index in [2.05, 4.69) is 27.5 Å². The van der Waals surface area contributed by atoms with Crippen LogP contribution in [0.1, 0.15) is 48.7 Å². The molecule has 2 aromatic heterocycles. The lowest BCUT2D eigenvalue weighted by Gasteiger charge is -2.32. The van der Waals surface area contributed by atoms with E-state index in [0.29, 0.717) is 61.0 Å². The number of para-hydroxylation sites is 1. The second-order valence-electron chi connectivity index (χ2n) is 11.3. The van der Waals surface area contributed by atoms with Gasteiger partial charge in [0.15, 0.2) is 5.82 Å². The van der Waals surface area contributed by atoms with Gasteiger partial charge in [-0.05, 0) is 55.1 Å². The van der Waals surface area contributed by atoms with Gasteiger partial charge in [0.25, 0.3) is 5.91 Å². The minimum Gasteiger partial charge on any atom is -0.496 e. The van der Waals surface area contributed by atoms with Crippen molar-refractivity contribution < 1.29 is 18.7 Å². The average molecular weight is 600 g/mol. The Kier molecular flexibility index (Phi) is 8.74. The number of halogens is 1. The van der Waals surface area contributed by atoms with Crippen molar-refractivity contribution in [1.82, 2.24) is 35.1 Å². The molecule has 230 valence electrons. The highest BCUT2D eigenvalue weighted by molar-refractivity contribution is 6.05. The van der Waals surface area contributed by atoms with Gasteiger partial charge in [0.05, 0.1) is 25.4 Å². The van der Waals surface area contributed by atoms with Gasteiger partial charge in [-0.2, -0.15) is 0 Å². The standard InChI is InChI=1S/C33H38FN7O3/c1-3-35-23-10-15-39(16-11-23)33(43)28-20-27-26(24-8-4-5-9-29(24)44-2)19-25(31(34)32(27)37-28)22-7-6-14-40(21-22)30(42)12-17-41-18-13-36-38-41/h4-5,7-9,13,18-20,23,35,37H,3,6,10-12,14-17,21H2,1-2H3. The first-order valence-corrected chi connectivity index (χ1v) is 15.3. The number of piperidine rings is 1. The van der Waals surface area contributed by atoms with Crippen LogP contribution < -0.4 is 10.1 Å². The predicted octanol–water partition coefficient (Wildman–Crippen LogP) is 4.49. The first-order chi connectivity index (χ1) is 21.5. The fourth-order valence-electron chi connectivity index (χ4n) is 6.32. The zero-order valence-electron chi connectivity index (χ0n) is 25.2.